The second kappa shape index (κ2) is 8.76. The average Bonchev–Trinajstić information content (AvgIpc) is 2.61. The summed E-state index contributed by atoms with van der Waals surface area (Å²) in [5.41, 5.74) is 1.33. The van der Waals surface area contributed by atoms with Crippen LogP contribution in [-0.2, 0) is 9.47 Å². The first-order valence-electron chi connectivity index (χ1n) is 7.77. The zero-order valence-corrected chi connectivity index (χ0v) is 14.6. The maximum absolute atomic E-state index is 8.87. The summed E-state index contributed by atoms with van der Waals surface area (Å²) in [4.78, 5) is 0. The van der Waals surface area contributed by atoms with Gasteiger partial charge in [0.15, 0.2) is 0 Å². The molecule has 0 saturated carbocycles. The first kappa shape index (κ1) is 18.4. The Balaban J connectivity index is 2.28. The molecule has 0 radical (unpaired) electrons. The van der Waals surface area contributed by atoms with Crippen LogP contribution in [-0.4, -0.2) is 26.9 Å². The molecule has 1 atom stereocenters. The van der Waals surface area contributed by atoms with Gasteiger partial charge in [-0.25, -0.2) is 0 Å². The van der Waals surface area contributed by atoms with Crippen LogP contribution in [0.5, 0.6) is 17.2 Å². The molecule has 5 heteroatoms. The summed E-state index contributed by atoms with van der Waals surface area (Å²) < 4.78 is 22.0. The van der Waals surface area contributed by atoms with Crippen LogP contribution in [0.15, 0.2) is 49.0 Å². The molecule has 0 aliphatic carbocycles. The quantitative estimate of drug-likeness (QED) is 0.668. The van der Waals surface area contributed by atoms with E-state index in [0.29, 0.717) is 35.2 Å². The van der Waals surface area contributed by atoms with Gasteiger partial charge in [0.1, 0.15) is 29.1 Å². The van der Waals surface area contributed by atoms with Gasteiger partial charge in [-0.05, 0) is 43.3 Å². The first-order chi connectivity index (χ1) is 12.0. The fraction of sp³-hybridized carbons (Fsp3) is 0.250. The summed E-state index contributed by atoms with van der Waals surface area (Å²) in [5, 5.41) is 8.87. The van der Waals surface area contributed by atoms with Crippen molar-refractivity contribution in [2.75, 3.05) is 20.8 Å². The van der Waals surface area contributed by atoms with E-state index in [0.717, 1.165) is 5.56 Å². The maximum Gasteiger partial charge on any atom is 0.131 e. The van der Waals surface area contributed by atoms with Crippen LogP contribution in [0.1, 0.15) is 18.1 Å². The molecule has 0 aliphatic heterocycles. The summed E-state index contributed by atoms with van der Waals surface area (Å²) in [6, 6.07) is 14.4. The highest BCUT2D eigenvalue weighted by Crippen LogP contribution is 2.31. The fourth-order valence-corrected chi connectivity index (χ4v) is 2.21. The molecule has 0 aromatic heterocycles. The molecule has 5 nitrogen and oxygen atoms in total. The Hall–Kier alpha value is -2.97. The smallest absolute Gasteiger partial charge is 0.131 e. The second-order valence-corrected chi connectivity index (χ2v) is 5.44. The lowest BCUT2D eigenvalue weighted by Gasteiger charge is -2.16. The van der Waals surface area contributed by atoms with Gasteiger partial charge in [0, 0.05) is 18.7 Å². The van der Waals surface area contributed by atoms with Crippen molar-refractivity contribution in [2.45, 2.75) is 13.0 Å². The van der Waals surface area contributed by atoms with E-state index in [1.54, 1.807) is 44.6 Å². The van der Waals surface area contributed by atoms with E-state index in [-0.39, 0.29) is 6.10 Å². The Bertz CT molecular complexity index is 762. The van der Waals surface area contributed by atoms with Crippen molar-refractivity contribution in [2.24, 2.45) is 0 Å². The van der Waals surface area contributed by atoms with E-state index in [4.69, 9.17) is 24.2 Å². The molecule has 0 aliphatic rings. The highest BCUT2D eigenvalue weighted by Gasteiger charge is 2.10. The molecular weight excluding hydrogens is 318 g/mol. The minimum Gasteiger partial charge on any atom is -0.497 e. The molecule has 0 amide bonds. The largest absolute Gasteiger partial charge is 0.497 e. The molecule has 0 spiro atoms. The van der Waals surface area contributed by atoms with E-state index >= 15 is 0 Å². The number of benzene rings is 2. The van der Waals surface area contributed by atoms with Crippen molar-refractivity contribution in [3.63, 3.8) is 0 Å². The first-order valence-corrected chi connectivity index (χ1v) is 7.77. The molecule has 2 rings (SSSR count). The molecule has 0 heterocycles. The monoisotopic (exact) mass is 339 g/mol. The molecule has 0 N–H and O–H groups in total. The molecule has 2 aromatic carbocycles. The lowest BCUT2D eigenvalue weighted by atomic mass is 10.1. The van der Waals surface area contributed by atoms with Gasteiger partial charge in [-0.1, -0.05) is 6.58 Å². The SMILES string of the molecule is C=C(OC)c1cc(Oc2ccc(C#N)cc2)cc(OC(C)COC)c1. The average molecular weight is 339 g/mol. The van der Waals surface area contributed by atoms with Gasteiger partial charge in [-0.15, -0.1) is 0 Å². The Morgan fingerprint density at radius 2 is 1.76 bits per heavy atom. The van der Waals surface area contributed by atoms with Crippen LogP contribution in [0.4, 0.5) is 0 Å². The Labute approximate surface area is 148 Å². The van der Waals surface area contributed by atoms with Gasteiger partial charge in [0.05, 0.1) is 25.3 Å². The van der Waals surface area contributed by atoms with Crippen molar-refractivity contribution in [3.05, 3.63) is 60.2 Å². The lowest BCUT2D eigenvalue weighted by molar-refractivity contribution is 0.0919. The van der Waals surface area contributed by atoms with Crippen molar-refractivity contribution in [3.8, 4) is 23.3 Å². The number of methoxy groups -OCH3 is 2. The van der Waals surface area contributed by atoms with Gasteiger partial charge in [-0.2, -0.15) is 5.26 Å². The minimum absolute atomic E-state index is 0.112. The van der Waals surface area contributed by atoms with Crippen molar-refractivity contribution >= 4 is 5.76 Å². The van der Waals surface area contributed by atoms with E-state index in [1.807, 2.05) is 19.1 Å². The van der Waals surface area contributed by atoms with Gasteiger partial charge >= 0.3 is 0 Å². The molecule has 0 bridgehead atoms. The van der Waals surface area contributed by atoms with Crippen molar-refractivity contribution in [1.82, 2.24) is 0 Å². The van der Waals surface area contributed by atoms with Crippen LogP contribution >= 0.6 is 0 Å². The third-order valence-corrected chi connectivity index (χ3v) is 3.41. The number of hydrogen-bond donors (Lipinski definition) is 0. The Kier molecular flexibility index (Phi) is 6.44. The van der Waals surface area contributed by atoms with Crippen LogP contribution in [0.2, 0.25) is 0 Å². The molecule has 1 unspecified atom stereocenters. The highest BCUT2D eigenvalue weighted by molar-refractivity contribution is 5.61. The molecule has 25 heavy (non-hydrogen) atoms. The van der Waals surface area contributed by atoms with Gasteiger partial charge < -0.3 is 18.9 Å². The standard InChI is InChI=1S/C20H21NO4/c1-14(13-22-3)24-19-9-17(15(2)23-4)10-20(11-19)25-18-7-5-16(12-21)6-8-18/h5-11,14H,2,13H2,1,3-4H3. The predicted molar refractivity (Wildman–Crippen MR) is 95.7 cm³/mol. The Morgan fingerprint density at radius 3 is 2.36 bits per heavy atom. The number of hydrogen-bond acceptors (Lipinski definition) is 5. The fourth-order valence-electron chi connectivity index (χ4n) is 2.21. The molecule has 2 aromatic rings. The van der Waals surface area contributed by atoms with Gasteiger partial charge in [0.25, 0.3) is 0 Å². The third-order valence-electron chi connectivity index (χ3n) is 3.41. The summed E-state index contributed by atoms with van der Waals surface area (Å²) >= 11 is 0. The van der Waals surface area contributed by atoms with Crippen molar-refractivity contribution < 1.29 is 18.9 Å². The van der Waals surface area contributed by atoms with Crippen molar-refractivity contribution in [1.29, 1.82) is 5.26 Å². The van der Waals surface area contributed by atoms with E-state index in [1.165, 1.54) is 0 Å². The van der Waals surface area contributed by atoms with Gasteiger partial charge in [-0.3, -0.25) is 0 Å². The number of ether oxygens (including phenoxy) is 4. The van der Waals surface area contributed by atoms with Crippen LogP contribution in [0.25, 0.3) is 5.76 Å². The number of nitrogens with zero attached hydrogens (tertiary/aromatic N) is 1. The number of rotatable bonds is 8. The topological polar surface area (TPSA) is 60.7 Å². The summed E-state index contributed by atoms with van der Waals surface area (Å²) in [6.07, 6.45) is -0.112. The molecule has 130 valence electrons. The number of nitriles is 1. The normalized spacial score (nSPS) is 11.3. The zero-order chi connectivity index (χ0) is 18.2. The van der Waals surface area contributed by atoms with E-state index in [9.17, 15) is 0 Å². The van der Waals surface area contributed by atoms with E-state index in [2.05, 4.69) is 12.6 Å². The second-order valence-electron chi connectivity index (χ2n) is 5.44. The van der Waals surface area contributed by atoms with Crippen LogP contribution in [0, 0.1) is 11.3 Å². The molecule has 0 saturated heterocycles. The van der Waals surface area contributed by atoms with E-state index < -0.39 is 0 Å². The van der Waals surface area contributed by atoms with Crippen LogP contribution in [0.3, 0.4) is 0 Å². The summed E-state index contributed by atoms with van der Waals surface area (Å²) in [5.74, 6) is 2.34. The predicted octanol–water partition coefficient (Wildman–Crippen LogP) is 4.38. The van der Waals surface area contributed by atoms with Gasteiger partial charge in [0.2, 0.25) is 0 Å². The summed E-state index contributed by atoms with van der Waals surface area (Å²) in [6.45, 7) is 6.27. The summed E-state index contributed by atoms with van der Waals surface area (Å²) in [7, 11) is 3.19. The Morgan fingerprint density at radius 1 is 1.08 bits per heavy atom. The highest BCUT2D eigenvalue weighted by atomic mass is 16.5. The third kappa shape index (κ3) is 5.27. The lowest BCUT2D eigenvalue weighted by Crippen LogP contribution is -2.18. The maximum atomic E-state index is 8.87. The zero-order valence-electron chi connectivity index (χ0n) is 14.6. The molecular formula is C20H21NO4. The van der Waals surface area contributed by atoms with Crippen LogP contribution < -0.4 is 9.47 Å². The minimum atomic E-state index is -0.112. The molecule has 0 fully saturated rings.